The standard InChI is InChI=1S/C17H26N2O5/c1-21-14-10-13(11-15(22-2)17(14)23-3)12-16(20)18-4-5-19-6-8-24-9-7-19/h10-11H,4-9,12H2,1-3H3,(H,18,20). The molecule has 0 aliphatic carbocycles. The molecule has 1 aliphatic rings. The van der Waals surface area contributed by atoms with Gasteiger partial charge in [0.05, 0.1) is 41.0 Å². The predicted octanol–water partition coefficient (Wildman–Crippen LogP) is 0.703. The van der Waals surface area contributed by atoms with Crippen LogP contribution >= 0.6 is 0 Å². The van der Waals surface area contributed by atoms with Crippen molar-refractivity contribution < 1.29 is 23.7 Å². The molecule has 0 atom stereocenters. The fourth-order valence-corrected chi connectivity index (χ4v) is 2.66. The van der Waals surface area contributed by atoms with Gasteiger partial charge in [-0.3, -0.25) is 9.69 Å². The van der Waals surface area contributed by atoms with Crippen molar-refractivity contribution in [2.75, 3.05) is 60.7 Å². The number of hydrogen-bond donors (Lipinski definition) is 1. The van der Waals surface area contributed by atoms with E-state index in [4.69, 9.17) is 18.9 Å². The first-order valence-electron chi connectivity index (χ1n) is 8.03. The van der Waals surface area contributed by atoms with Gasteiger partial charge in [-0.05, 0) is 17.7 Å². The highest BCUT2D eigenvalue weighted by Gasteiger charge is 2.15. The van der Waals surface area contributed by atoms with Crippen molar-refractivity contribution in [1.82, 2.24) is 10.2 Å². The molecular formula is C17H26N2O5. The number of amides is 1. The molecule has 1 saturated heterocycles. The van der Waals surface area contributed by atoms with Crippen LogP contribution in [0.2, 0.25) is 0 Å². The lowest BCUT2D eigenvalue weighted by Gasteiger charge is -2.26. The van der Waals surface area contributed by atoms with Gasteiger partial charge in [-0.1, -0.05) is 0 Å². The van der Waals surface area contributed by atoms with Crippen molar-refractivity contribution in [3.63, 3.8) is 0 Å². The van der Waals surface area contributed by atoms with Crippen LogP contribution in [0.3, 0.4) is 0 Å². The van der Waals surface area contributed by atoms with E-state index >= 15 is 0 Å². The van der Waals surface area contributed by atoms with Crippen molar-refractivity contribution in [3.8, 4) is 17.2 Å². The molecule has 0 bridgehead atoms. The molecule has 0 aromatic heterocycles. The monoisotopic (exact) mass is 338 g/mol. The number of carbonyl (C=O) groups is 1. The Morgan fingerprint density at radius 2 is 1.75 bits per heavy atom. The Morgan fingerprint density at radius 3 is 2.29 bits per heavy atom. The largest absolute Gasteiger partial charge is 0.493 e. The van der Waals surface area contributed by atoms with Crippen LogP contribution in [0.4, 0.5) is 0 Å². The summed E-state index contributed by atoms with van der Waals surface area (Å²) in [5.74, 6) is 1.59. The molecule has 1 aliphatic heterocycles. The summed E-state index contributed by atoms with van der Waals surface area (Å²) in [4.78, 5) is 14.4. The number of nitrogens with one attached hydrogen (secondary N) is 1. The van der Waals surface area contributed by atoms with Crippen LogP contribution in [0.5, 0.6) is 17.2 Å². The summed E-state index contributed by atoms with van der Waals surface area (Å²) in [6, 6.07) is 3.59. The molecular weight excluding hydrogens is 312 g/mol. The second kappa shape index (κ2) is 9.34. The molecule has 1 fully saturated rings. The number of rotatable bonds is 8. The van der Waals surface area contributed by atoms with Crippen LogP contribution in [0.15, 0.2) is 12.1 Å². The van der Waals surface area contributed by atoms with E-state index in [-0.39, 0.29) is 12.3 Å². The predicted molar refractivity (Wildman–Crippen MR) is 90.1 cm³/mol. The first kappa shape index (κ1) is 18.4. The minimum absolute atomic E-state index is 0.0301. The smallest absolute Gasteiger partial charge is 0.224 e. The summed E-state index contributed by atoms with van der Waals surface area (Å²) in [5.41, 5.74) is 0.813. The highest BCUT2D eigenvalue weighted by Crippen LogP contribution is 2.38. The molecule has 7 heteroatoms. The van der Waals surface area contributed by atoms with Crippen molar-refractivity contribution in [1.29, 1.82) is 0 Å². The molecule has 1 N–H and O–H groups in total. The lowest BCUT2D eigenvalue weighted by Crippen LogP contribution is -2.41. The van der Waals surface area contributed by atoms with Crippen molar-refractivity contribution in [2.24, 2.45) is 0 Å². The van der Waals surface area contributed by atoms with Gasteiger partial charge >= 0.3 is 0 Å². The topological polar surface area (TPSA) is 69.3 Å². The van der Waals surface area contributed by atoms with Gasteiger partial charge in [0, 0.05) is 26.2 Å². The lowest BCUT2D eigenvalue weighted by molar-refractivity contribution is -0.120. The van der Waals surface area contributed by atoms with E-state index in [2.05, 4.69) is 10.2 Å². The van der Waals surface area contributed by atoms with E-state index in [1.165, 1.54) is 0 Å². The third kappa shape index (κ3) is 5.01. The van der Waals surface area contributed by atoms with Gasteiger partial charge in [-0.15, -0.1) is 0 Å². The Balaban J connectivity index is 1.88. The average Bonchev–Trinajstić information content (AvgIpc) is 2.61. The van der Waals surface area contributed by atoms with Gasteiger partial charge in [0.25, 0.3) is 0 Å². The highest BCUT2D eigenvalue weighted by molar-refractivity contribution is 5.79. The van der Waals surface area contributed by atoms with E-state index in [9.17, 15) is 4.79 Å². The number of methoxy groups -OCH3 is 3. The van der Waals surface area contributed by atoms with Crippen LogP contribution in [0, 0.1) is 0 Å². The van der Waals surface area contributed by atoms with Crippen molar-refractivity contribution in [2.45, 2.75) is 6.42 Å². The molecule has 1 aromatic rings. The zero-order valence-corrected chi connectivity index (χ0v) is 14.6. The Labute approximate surface area is 142 Å². The summed E-state index contributed by atoms with van der Waals surface area (Å²) in [6.45, 7) is 4.83. The first-order chi connectivity index (χ1) is 11.7. The summed E-state index contributed by atoms with van der Waals surface area (Å²) in [7, 11) is 4.67. The molecule has 1 heterocycles. The van der Waals surface area contributed by atoms with Crippen LogP contribution in [0.1, 0.15) is 5.56 Å². The number of nitrogens with zero attached hydrogens (tertiary/aromatic N) is 1. The molecule has 0 spiro atoms. The average molecular weight is 338 g/mol. The quantitative estimate of drug-likeness (QED) is 0.753. The van der Waals surface area contributed by atoms with Gasteiger partial charge in [0.2, 0.25) is 11.7 Å². The van der Waals surface area contributed by atoms with Crippen LogP contribution in [-0.2, 0) is 16.0 Å². The molecule has 0 saturated carbocycles. The highest BCUT2D eigenvalue weighted by atomic mass is 16.5. The summed E-state index contributed by atoms with van der Waals surface area (Å²) < 4.78 is 21.2. The molecule has 0 unspecified atom stereocenters. The number of morpholine rings is 1. The van der Waals surface area contributed by atoms with E-state index in [0.29, 0.717) is 23.8 Å². The Bertz CT molecular complexity index is 519. The maximum Gasteiger partial charge on any atom is 0.224 e. The molecule has 0 radical (unpaired) electrons. The number of benzene rings is 1. The zero-order chi connectivity index (χ0) is 17.4. The first-order valence-corrected chi connectivity index (χ1v) is 8.03. The van der Waals surface area contributed by atoms with Crippen molar-refractivity contribution in [3.05, 3.63) is 17.7 Å². The molecule has 134 valence electrons. The van der Waals surface area contributed by atoms with Crippen molar-refractivity contribution >= 4 is 5.91 Å². The molecule has 24 heavy (non-hydrogen) atoms. The van der Waals surface area contributed by atoms with Gasteiger partial charge < -0.3 is 24.3 Å². The molecule has 1 amide bonds. The second-order valence-electron chi connectivity index (χ2n) is 5.51. The van der Waals surface area contributed by atoms with E-state index in [1.807, 2.05) is 0 Å². The summed E-state index contributed by atoms with van der Waals surface area (Å²) >= 11 is 0. The SMILES string of the molecule is COc1cc(CC(=O)NCCN2CCOCC2)cc(OC)c1OC. The third-order valence-electron chi connectivity index (χ3n) is 3.94. The number of hydrogen-bond acceptors (Lipinski definition) is 6. The lowest BCUT2D eigenvalue weighted by atomic mass is 10.1. The maximum absolute atomic E-state index is 12.1. The van der Waals surface area contributed by atoms with Gasteiger partial charge in [0.15, 0.2) is 11.5 Å². The van der Waals surface area contributed by atoms with E-state index < -0.39 is 0 Å². The molecule has 1 aromatic carbocycles. The normalized spacial score (nSPS) is 15.0. The second-order valence-corrected chi connectivity index (χ2v) is 5.51. The van der Waals surface area contributed by atoms with Gasteiger partial charge in [-0.25, -0.2) is 0 Å². The minimum atomic E-state index is -0.0301. The molecule has 7 nitrogen and oxygen atoms in total. The van der Waals surface area contributed by atoms with Crippen LogP contribution in [-0.4, -0.2) is 71.5 Å². The Kier molecular flexibility index (Phi) is 7.14. The third-order valence-corrected chi connectivity index (χ3v) is 3.94. The van der Waals surface area contributed by atoms with E-state index in [0.717, 1.165) is 38.4 Å². The van der Waals surface area contributed by atoms with Gasteiger partial charge in [0.1, 0.15) is 0 Å². The Hall–Kier alpha value is -1.99. The fraction of sp³-hybridized carbons (Fsp3) is 0.588. The Morgan fingerprint density at radius 1 is 1.12 bits per heavy atom. The summed E-state index contributed by atoms with van der Waals surface area (Å²) in [5, 5.41) is 2.95. The number of carbonyl (C=O) groups excluding carboxylic acids is 1. The van der Waals surface area contributed by atoms with Crippen LogP contribution in [0.25, 0.3) is 0 Å². The fourth-order valence-electron chi connectivity index (χ4n) is 2.66. The number of ether oxygens (including phenoxy) is 4. The van der Waals surface area contributed by atoms with E-state index in [1.54, 1.807) is 33.5 Å². The summed E-state index contributed by atoms with van der Waals surface area (Å²) in [6.07, 6.45) is 0.264. The zero-order valence-electron chi connectivity index (χ0n) is 14.6. The van der Waals surface area contributed by atoms with Crippen LogP contribution < -0.4 is 19.5 Å². The minimum Gasteiger partial charge on any atom is -0.493 e. The molecule has 2 rings (SSSR count). The van der Waals surface area contributed by atoms with Gasteiger partial charge in [-0.2, -0.15) is 0 Å². The maximum atomic E-state index is 12.1.